The van der Waals surface area contributed by atoms with Crippen molar-refractivity contribution in [3.63, 3.8) is 0 Å². The summed E-state index contributed by atoms with van der Waals surface area (Å²) in [7, 11) is 0. The Kier molecular flexibility index (Phi) is 7.44. The molecule has 0 unspecified atom stereocenters. The van der Waals surface area contributed by atoms with Crippen molar-refractivity contribution in [3.05, 3.63) is 74.4 Å². The van der Waals surface area contributed by atoms with E-state index in [0.29, 0.717) is 31.1 Å². The third-order valence-corrected chi connectivity index (χ3v) is 7.13. The lowest BCUT2D eigenvalue weighted by Crippen LogP contribution is -2.33. The minimum atomic E-state index is -4.87. The first-order valence-corrected chi connectivity index (χ1v) is 12.6. The van der Waals surface area contributed by atoms with E-state index in [1.54, 1.807) is 11.2 Å². The van der Waals surface area contributed by atoms with E-state index in [0.717, 1.165) is 18.5 Å². The Labute approximate surface area is 227 Å². The molecule has 3 heterocycles. The number of benzene rings is 1. The molecule has 216 valence electrons. The smallest absolute Gasteiger partial charge is 0.383 e. The average Bonchev–Trinajstić information content (AvgIpc) is 2.89. The summed E-state index contributed by atoms with van der Waals surface area (Å²) in [5, 5.41) is 8.52. The molecular formula is C26H23F6N7O2. The molecule has 3 aromatic heterocycles. The summed E-state index contributed by atoms with van der Waals surface area (Å²) < 4.78 is 82.6. The van der Waals surface area contributed by atoms with Crippen LogP contribution in [0.1, 0.15) is 43.2 Å². The van der Waals surface area contributed by atoms with E-state index in [1.807, 2.05) is 0 Å². The fraction of sp³-hybridized carbons (Fsp3) is 0.346. The van der Waals surface area contributed by atoms with Gasteiger partial charge in [0.2, 0.25) is 0 Å². The molecule has 0 spiro atoms. The van der Waals surface area contributed by atoms with E-state index in [-0.39, 0.29) is 29.2 Å². The van der Waals surface area contributed by atoms with Gasteiger partial charge < -0.3 is 15.6 Å². The number of pyridine rings is 1. The number of alkyl halides is 5. The van der Waals surface area contributed by atoms with Crippen molar-refractivity contribution in [2.45, 2.75) is 50.9 Å². The number of anilines is 2. The number of rotatable bonds is 6. The Hall–Kier alpha value is -4.43. The highest BCUT2D eigenvalue weighted by Gasteiger charge is 2.38. The van der Waals surface area contributed by atoms with Gasteiger partial charge in [-0.2, -0.15) is 18.3 Å². The maximum absolute atomic E-state index is 15.0. The highest BCUT2D eigenvalue weighted by molar-refractivity contribution is 5.86. The second-order valence-corrected chi connectivity index (χ2v) is 9.89. The number of nitrogen functional groups attached to an aromatic ring is 1. The molecule has 0 bridgehead atoms. The molecule has 4 N–H and O–H groups in total. The van der Waals surface area contributed by atoms with E-state index in [1.165, 1.54) is 16.8 Å². The molecular weight excluding hydrogens is 556 g/mol. The van der Waals surface area contributed by atoms with E-state index in [4.69, 9.17) is 5.73 Å². The molecule has 41 heavy (non-hydrogen) atoms. The quantitative estimate of drug-likeness (QED) is 0.277. The lowest BCUT2D eigenvalue weighted by Gasteiger charge is -2.31. The Morgan fingerprint density at radius 2 is 1.95 bits per heavy atom. The zero-order valence-electron chi connectivity index (χ0n) is 21.2. The second kappa shape index (κ2) is 10.9. The van der Waals surface area contributed by atoms with E-state index in [9.17, 15) is 31.5 Å². The van der Waals surface area contributed by atoms with Crippen LogP contribution in [0, 0.1) is 11.7 Å². The van der Waals surface area contributed by atoms with Crippen LogP contribution in [-0.4, -0.2) is 30.8 Å². The summed E-state index contributed by atoms with van der Waals surface area (Å²) >= 11 is 0. The predicted octanol–water partition coefficient (Wildman–Crippen LogP) is 4.89. The molecule has 1 saturated carbocycles. The minimum Gasteiger partial charge on any atom is -0.383 e. The standard InChI is InChI=1S/C26H23F6N7O2/c27-18-8-15-13(7-16(18)23-34-9-17(21(28)29)22(33)37-23)4-5-39(25(15)41)11-12-2-1-3-14(6-12)36-19-10-35-38-24(40)20(19)26(30,31)32/h4-5,7-10,12,14,21H,1-3,6,11H2,(H2,33,34,37)(H2,36,38,40)/t12-,14+/m1/s1. The van der Waals surface area contributed by atoms with Crippen LogP contribution >= 0.6 is 0 Å². The molecule has 4 aromatic rings. The van der Waals surface area contributed by atoms with Gasteiger partial charge >= 0.3 is 6.18 Å². The van der Waals surface area contributed by atoms with Crippen LogP contribution in [0.3, 0.4) is 0 Å². The van der Waals surface area contributed by atoms with Gasteiger partial charge in [-0.15, -0.1) is 0 Å². The monoisotopic (exact) mass is 579 g/mol. The van der Waals surface area contributed by atoms with Crippen molar-refractivity contribution in [2.75, 3.05) is 11.1 Å². The number of aromatic amines is 1. The number of hydrogen-bond donors (Lipinski definition) is 3. The fourth-order valence-electron chi connectivity index (χ4n) is 5.20. The first kappa shape index (κ1) is 28.1. The number of H-pyrrole nitrogens is 1. The molecule has 0 radical (unpaired) electrons. The van der Waals surface area contributed by atoms with E-state index in [2.05, 4.69) is 20.4 Å². The fourth-order valence-corrected chi connectivity index (χ4v) is 5.20. The van der Waals surface area contributed by atoms with Crippen molar-refractivity contribution in [3.8, 4) is 11.4 Å². The van der Waals surface area contributed by atoms with Crippen LogP contribution in [0.15, 0.2) is 46.4 Å². The van der Waals surface area contributed by atoms with Gasteiger partial charge in [-0.25, -0.2) is 28.2 Å². The third kappa shape index (κ3) is 5.74. The van der Waals surface area contributed by atoms with Crippen LogP contribution in [0.25, 0.3) is 22.2 Å². The molecule has 0 aliphatic heterocycles. The Balaban J connectivity index is 1.36. The number of hydrogen-bond acceptors (Lipinski definition) is 7. The predicted molar refractivity (Wildman–Crippen MR) is 138 cm³/mol. The Bertz CT molecular complexity index is 1720. The molecule has 1 aromatic carbocycles. The third-order valence-electron chi connectivity index (χ3n) is 7.13. The first-order valence-electron chi connectivity index (χ1n) is 12.6. The van der Waals surface area contributed by atoms with Gasteiger partial charge in [0, 0.05) is 25.0 Å². The molecule has 2 atom stereocenters. The van der Waals surface area contributed by atoms with Crippen LogP contribution in [-0.2, 0) is 12.7 Å². The van der Waals surface area contributed by atoms with Crippen LogP contribution < -0.4 is 22.2 Å². The van der Waals surface area contributed by atoms with Gasteiger partial charge in [-0.1, -0.05) is 6.42 Å². The molecule has 0 saturated heterocycles. The number of fused-ring (bicyclic) bond motifs is 1. The number of aromatic nitrogens is 5. The van der Waals surface area contributed by atoms with Crippen molar-refractivity contribution in [1.29, 1.82) is 0 Å². The normalized spacial score (nSPS) is 17.7. The summed E-state index contributed by atoms with van der Waals surface area (Å²) in [6.45, 7) is 0.241. The van der Waals surface area contributed by atoms with Gasteiger partial charge in [-0.05, 0) is 48.8 Å². The number of nitrogens with two attached hydrogens (primary N) is 1. The maximum atomic E-state index is 15.0. The summed E-state index contributed by atoms with van der Waals surface area (Å²) in [5.74, 6) is -1.62. The molecule has 0 amide bonds. The topological polar surface area (TPSA) is 132 Å². The minimum absolute atomic E-state index is 0.0702. The van der Waals surface area contributed by atoms with Gasteiger partial charge in [0.15, 0.2) is 5.82 Å². The maximum Gasteiger partial charge on any atom is 0.423 e. The number of nitrogens with zero attached hydrogens (tertiary/aromatic N) is 4. The first-order chi connectivity index (χ1) is 19.4. The molecule has 9 nitrogen and oxygen atoms in total. The van der Waals surface area contributed by atoms with Crippen molar-refractivity contribution >= 4 is 22.3 Å². The Morgan fingerprint density at radius 3 is 2.66 bits per heavy atom. The molecule has 1 fully saturated rings. The van der Waals surface area contributed by atoms with Gasteiger partial charge in [-0.3, -0.25) is 9.59 Å². The molecule has 5 rings (SSSR count). The summed E-state index contributed by atoms with van der Waals surface area (Å²) in [6.07, 6.45) is -2.10. The lowest BCUT2D eigenvalue weighted by atomic mass is 9.85. The molecule has 15 heteroatoms. The van der Waals surface area contributed by atoms with Gasteiger partial charge in [0.1, 0.15) is 17.2 Å². The molecule has 1 aliphatic carbocycles. The van der Waals surface area contributed by atoms with Crippen molar-refractivity contribution in [1.82, 2.24) is 24.7 Å². The highest BCUT2D eigenvalue weighted by Crippen LogP contribution is 2.34. The van der Waals surface area contributed by atoms with Crippen LogP contribution in [0.2, 0.25) is 0 Å². The van der Waals surface area contributed by atoms with Crippen LogP contribution in [0.4, 0.5) is 37.8 Å². The van der Waals surface area contributed by atoms with E-state index >= 15 is 4.39 Å². The SMILES string of the molecule is Nc1nc(-c2cc3ccn(C[C@@H]4CCC[C@H](Nc5cn[nH]c(=O)c5C(F)(F)F)C4)c(=O)c3cc2F)ncc1C(F)F. The molecule has 1 aliphatic rings. The van der Waals surface area contributed by atoms with Gasteiger partial charge in [0.25, 0.3) is 17.5 Å². The second-order valence-electron chi connectivity index (χ2n) is 9.89. The number of nitrogens with one attached hydrogen (secondary N) is 2. The average molecular weight is 580 g/mol. The van der Waals surface area contributed by atoms with Crippen molar-refractivity contribution in [2.24, 2.45) is 5.92 Å². The lowest BCUT2D eigenvalue weighted by molar-refractivity contribution is -0.138. The van der Waals surface area contributed by atoms with Crippen LogP contribution in [0.5, 0.6) is 0 Å². The van der Waals surface area contributed by atoms with Crippen molar-refractivity contribution < 1.29 is 26.3 Å². The summed E-state index contributed by atoms with van der Waals surface area (Å²) in [6, 6.07) is 3.56. The summed E-state index contributed by atoms with van der Waals surface area (Å²) in [5.41, 5.74) is 1.30. The van der Waals surface area contributed by atoms with Gasteiger partial charge in [0.05, 0.1) is 28.4 Å². The van der Waals surface area contributed by atoms with E-state index < -0.39 is 58.2 Å². The largest absolute Gasteiger partial charge is 0.423 e. The zero-order valence-corrected chi connectivity index (χ0v) is 21.2. The summed E-state index contributed by atoms with van der Waals surface area (Å²) in [4.78, 5) is 32.6. The number of halogens is 6. The Morgan fingerprint density at radius 1 is 1.17 bits per heavy atom. The zero-order chi connectivity index (χ0) is 29.5. The highest BCUT2D eigenvalue weighted by atomic mass is 19.4.